The van der Waals surface area contributed by atoms with E-state index in [1.807, 2.05) is 54.9 Å². The molecule has 29 heavy (non-hydrogen) atoms. The van der Waals surface area contributed by atoms with Crippen molar-refractivity contribution in [1.82, 2.24) is 4.98 Å². The summed E-state index contributed by atoms with van der Waals surface area (Å²) in [7, 11) is 0. The van der Waals surface area contributed by atoms with E-state index < -0.39 is 5.41 Å². The van der Waals surface area contributed by atoms with Crippen LogP contribution in [0.2, 0.25) is 0 Å². The molecule has 144 valence electrons. The smallest absolute Gasteiger partial charge is 0.234 e. The van der Waals surface area contributed by atoms with Gasteiger partial charge in [-0.3, -0.25) is 9.78 Å². The lowest BCUT2D eigenvalue weighted by atomic mass is 9.75. The summed E-state index contributed by atoms with van der Waals surface area (Å²) >= 11 is 0. The van der Waals surface area contributed by atoms with Crippen LogP contribution >= 0.6 is 0 Å². The predicted molar refractivity (Wildman–Crippen MR) is 111 cm³/mol. The van der Waals surface area contributed by atoms with E-state index in [4.69, 9.17) is 4.74 Å². The number of nitrogens with zero attached hydrogens (tertiary/aromatic N) is 1. The molecule has 1 aliphatic carbocycles. The maximum Gasteiger partial charge on any atom is 0.234 e. The van der Waals surface area contributed by atoms with Crippen molar-refractivity contribution in [3.63, 3.8) is 0 Å². The predicted octanol–water partition coefficient (Wildman–Crippen LogP) is 4.58. The van der Waals surface area contributed by atoms with E-state index >= 15 is 0 Å². The van der Waals surface area contributed by atoms with Gasteiger partial charge in [-0.2, -0.15) is 0 Å². The van der Waals surface area contributed by atoms with E-state index in [0.717, 1.165) is 30.5 Å². The Labute approximate surface area is 169 Å². The van der Waals surface area contributed by atoms with Gasteiger partial charge < -0.3 is 10.1 Å². The first-order valence-electron chi connectivity index (χ1n) is 10.3. The molecule has 3 aromatic rings. The van der Waals surface area contributed by atoms with Crippen LogP contribution in [0.15, 0.2) is 79.1 Å². The number of hydrogen-bond donors (Lipinski definition) is 1. The van der Waals surface area contributed by atoms with E-state index in [2.05, 4.69) is 34.6 Å². The average Bonchev–Trinajstić information content (AvgIpc) is 3.19. The van der Waals surface area contributed by atoms with Crippen LogP contribution in [0.3, 0.4) is 0 Å². The largest absolute Gasteiger partial charge is 0.373 e. The van der Waals surface area contributed by atoms with Gasteiger partial charge in [-0.1, -0.05) is 42.5 Å². The summed E-state index contributed by atoms with van der Waals surface area (Å²) in [4.78, 5) is 17.7. The minimum absolute atomic E-state index is 0.0178. The van der Waals surface area contributed by atoms with Crippen LogP contribution in [0.1, 0.15) is 24.8 Å². The second kappa shape index (κ2) is 6.01. The van der Waals surface area contributed by atoms with Crippen LogP contribution in [-0.2, 0) is 14.9 Å². The number of anilines is 1. The first-order valence-corrected chi connectivity index (χ1v) is 10.3. The summed E-state index contributed by atoms with van der Waals surface area (Å²) < 4.78 is 6.25. The molecule has 4 nitrogen and oxygen atoms in total. The van der Waals surface area contributed by atoms with Gasteiger partial charge in [0, 0.05) is 23.5 Å². The molecule has 0 unspecified atom stereocenters. The topological polar surface area (TPSA) is 51.2 Å². The molecule has 1 N–H and O–H groups in total. The fraction of sp³-hybridized carbons (Fsp3) is 0.280. The highest BCUT2D eigenvalue weighted by Gasteiger charge is 2.85. The van der Waals surface area contributed by atoms with Gasteiger partial charge >= 0.3 is 0 Å². The minimum Gasteiger partial charge on any atom is -0.373 e. The molecule has 2 aromatic carbocycles. The van der Waals surface area contributed by atoms with Crippen molar-refractivity contribution in [2.45, 2.75) is 36.9 Å². The minimum atomic E-state index is -0.449. The van der Waals surface area contributed by atoms with Crippen molar-refractivity contribution >= 4 is 11.6 Å². The van der Waals surface area contributed by atoms with Gasteiger partial charge in [0.2, 0.25) is 5.91 Å². The van der Waals surface area contributed by atoms with E-state index in [-0.39, 0.29) is 23.5 Å². The van der Waals surface area contributed by atoms with Crippen LogP contribution in [0.5, 0.6) is 0 Å². The molecule has 4 atom stereocenters. The zero-order chi connectivity index (χ0) is 19.5. The van der Waals surface area contributed by atoms with Gasteiger partial charge in [0.25, 0.3) is 0 Å². The highest BCUT2D eigenvalue weighted by molar-refractivity contribution is 6.01. The number of nitrogens with one attached hydrogen (secondary N) is 1. The third kappa shape index (κ3) is 2.24. The van der Waals surface area contributed by atoms with E-state index in [1.165, 1.54) is 11.1 Å². The third-order valence-electron chi connectivity index (χ3n) is 7.20. The Balaban J connectivity index is 1.28. The lowest BCUT2D eigenvalue weighted by Crippen LogP contribution is -2.39. The molecular weight excluding hydrogens is 360 g/mol. The van der Waals surface area contributed by atoms with Gasteiger partial charge in [0.15, 0.2) is 0 Å². The van der Waals surface area contributed by atoms with Crippen molar-refractivity contribution < 1.29 is 9.53 Å². The molecule has 3 fully saturated rings. The summed E-state index contributed by atoms with van der Waals surface area (Å²) in [6, 6.07) is 22.4. The monoisotopic (exact) mass is 382 g/mol. The van der Waals surface area contributed by atoms with Crippen molar-refractivity contribution in [2.75, 3.05) is 5.32 Å². The summed E-state index contributed by atoms with van der Waals surface area (Å²) in [5.74, 6) is 0.0916. The standard InChI is InChI=1S/C25H22N2O2/c28-23(27-20-8-6-18(7-9-20)17-4-2-1-3-5-17)25-16-24(25,19-12-14-26-15-13-19)21-10-11-22(25)29-21/h1-9,12-15,21-22H,10-11,16H2,(H,27,28)/t21-,22+,24+,25+/m0/s1. The van der Waals surface area contributed by atoms with Crippen molar-refractivity contribution in [2.24, 2.45) is 5.41 Å². The Morgan fingerprint density at radius 1 is 0.897 bits per heavy atom. The summed E-state index contributed by atoms with van der Waals surface area (Å²) in [6.45, 7) is 0. The lowest BCUT2D eigenvalue weighted by Gasteiger charge is -2.26. The Hall–Kier alpha value is -2.98. The highest BCUT2D eigenvalue weighted by atomic mass is 16.5. The maximum atomic E-state index is 13.5. The number of aromatic nitrogens is 1. The molecule has 1 aromatic heterocycles. The molecule has 0 radical (unpaired) electrons. The van der Waals surface area contributed by atoms with Gasteiger partial charge in [-0.05, 0) is 60.2 Å². The van der Waals surface area contributed by atoms with Crippen molar-refractivity contribution in [3.05, 3.63) is 84.7 Å². The van der Waals surface area contributed by atoms with Gasteiger partial charge in [0.05, 0.1) is 17.6 Å². The summed E-state index contributed by atoms with van der Waals surface area (Å²) in [5.41, 5.74) is 3.70. The highest BCUT2D eigenvalue weighted by Crippen LogP contribution is 2.77. The Bertz CT molecular complexity index is 1070. The van der Waals surface area contributed by atoms with Crippen molar-refractivity contribution in [3.8, 4) is 11.1 Å². The number of benzene rings is 2. The van der Waals surface area contributed by atoms with Crippen LogP contribution < -0.4 is 5.32 Å². The van der Waals surface area contributed by atoms with Crippen LogP contribution in [0.25, 0.3) is 11.1 Å². The Morgan fingerprint density at radius 3 is 2.34 bits per heavy atom. The summed E-state index contributed by atoms with van der Waals surface area (Å²) in [5, 5.41) is 3.19. The second-order valence-electron chi connectivity index (χ2n) is 8.44. The molecule has 3 heterocycles. The zero-order valence-corrected chi connectivity index (χ0v) is 16.0. The number of fused-ring (bicyclic) bond motifs is 5. The molecule has 2 aliphatic heterocycles. The van der Waals surface area contributed by atoms with Gasteiger partial charge in [-0.25, -0.2) is 0 Å². The number of amides is 1. The quantitative estimate of drug-likeness (QED) is 0.719. The van der Waals surface area contributed by atoms with E-state index in [1.54, 1.807) is 0 Å². The van der Waals surface area contributed by atoms with Gasteiger partial charge in [-0.15, -0.1) is 0 Å². The number of rotatable bonds is 4. The molecule has 1 saturated carbocycles. The molecule has 2 bridgehead atoms. The lowest BCUT2D eigenvalue weighted by molar-refractivity contribution is -0.124. The fourth-order valence-electron chi connectivity index (χ4n) is 5.80. The van der Waals surface area contributed by atoms with Crippen molar-refractivity contribution in [1.29, 1.82) is 0 Å². The van der Waals surface area contributed by atoms with Crippen LogP contribution in [-0.4, -0.2) is 23.1 Å². The number of ether oxygens (including phenoxy) is 1. The van der Waals surface area contributed by atoms with Gasteiger partial charge in [0.1, 0.15) is 0 Å². The zero-order valence-electron chi connectivity index (χ0n) is 16.0. The molecule has 2 saturated heterocycles. The Morgan fingerprint density at radius 2 is 1.59 bits per heavy atom. The fourth-order valence-corrected chi connectivity index (χ4v) is 5.80. The molecule has 6 rings (SSSR count). The number of hydrogen-bond acceptors (Lipinski definition) is 3. The number of carbonyl (C=O) groups excluding carboxylic acids is 1. The third-order valence-corrected chi connectivity index (χ3v) is 7.20. The average molecular weight is 382 g/mol. The number of carbonyl (C=O) groups is 1. The number of pyridine rings is 1. The van der Waals surface area contributed by atoms with E-state index in [9.17, 15) is 4.79 Å². The molecule has 3 aliphatic rings. The second-order valence-corrected chi connectivity index (χ2v) is 8.44. The SMILES string of the molecule is O=C(Nc1ccc(-c2ccccc2)cc1)[C@]12C[C@@]1(c1ccncc1)[C@@H]1CC[C@H]2O1. The molecular formula is C25H22N2O2. The molecule has 1 amide bonds. The molecule has 0 spiro atoms. The first kappa shape index (κ1) is 16.9. The maximum absolute atomic E-state index is 13.5. The van der Waals surface area contributed by atoms with E-state index in [0.29, 0.717) is 0 Å². The Kier molecular flexibility index (Phi) is 3.51. The summed E-state index contributed by atoms with van der Waals surface area (Å²) in [6.07, 6.45) is 6.67. The first-order chi connectivity index (χ1) is 14.2. The van der Waals surface area contributed by atoms with Crippen LogP contribution in [0.4, 0.5) is 5.69 Å². The normalized spacial score (nSPS) is 31.3. The molecule has 4 heteroatoms. The van der Waals surface area contributed by atoms with Crippen LogP contribution in [0, 0.1) is 5.41 Å².